The smallest absolute Gasteiger partial charge is 0.254 e. The molecule has 6 rings (SSSR count). The topological polar surface area (TPSA) is 61.2 Å². The van der Waals surface area contributed by atoms with Crippen molar-refractivity contribution in [2.75, 3.05) is 14.1 Å². The monoisotopic (exact) mass is 490 g/mol. The summed E-state index contributed by atoms with van der Waals surface area (Å²) in [5.41, 5.74) is 6.84. The fourth-order valence-corrected chi connectivity index (χ4v) is 6.71. The van der Waals surface area contributed by atoms with Gasteiger partial charge in [-0.15, -0.1) is 22.7 Å². The zero-order chi connectivity index (χ0) is 24.3. The maximum absolute atomic E-state index is 13.7. The van der Waals surface area contributed by atoms with Crippen molar-refractivity contribution in [1.82, 2.24) is 4.90 Å². The van der Waals surface area contributed by atoms with Gasteiger partial charge in [-0.25, -0.2) is 0 Å². The number of thiophene rings is 2. The molecule has 2 aromatic heterocycles. The minimum Gasteiger partial charge on any atom is -0.345 e. The van der Waals surface area contributed by atoms with Gasteiger partial charge in [0.15, 0.2) is 6.29 Å². The van der Waals surface area contributed by atoms with Crippen LogP contribution < -0.4 is 0 Å². The first-order chi connectivity index (χ1) is 17.1. The van der Waals surface area contributed by atoms with E-state index in [2.05, 4.69) is 12.1 Å². The van der Waals surface area contributed by atoms with Crippen molar-refractivity contribution >= 4 is 45.6 Å². The zero-order valence-electron chi connectivity index (χ0n) is 19.0. The molecule has 1 aliphatic rings. The van der Waals surface area contributed by atoms with Crippen LogP contribution in [0.5, 0.6) is 0 Å². The molecule has 3 aromatic carbocycles. The lowest BCUT2D eigenvalue weighted by molar-refractivity contribution is 0.0825. The lowest BCUT2D eigenvalue weighted by atomic mass is 9.84. The summed E-state index contributed by atoms with van der Waals surface area (Å²) in [7, 11) is 3.42. The highest BCUT2D eigenvalue weighted by atomic mass is 32.1. The number of hydrogen-bond acceptors (Lipinski definition) is 5. The molecule has 0 saturated heterocycles. The summed E-state index contributed by atoms with van der Waals surface area (Å²) in [6.45, 7) is 0. The molecule has 0 N–H and O–H groups in total. The molecule has 35 heavy (non-hydrogen) atoms. The predicted octanol–water partition coefficient (Wildman–Crippen LogP) is 7.33. The number of nitriles is 1. The molecule has 0 saturated carbocycles. The van der Waals surface area contributed by atoms with E-state index >= 15 is 0 Å². The number of amides is 1. The van der Waals surface area contributed by atoms with Crippen molar-refractivity contribution in [2.24, 2.45) is 0 Å². The van der Waals surface area contributed by atoms with Crippen LogP contribution in [0.1, 0.15) is 26.3 Å². The highest BCUT2D eigenvalue weighted by Gasteiger charge is 2.35. The second-order valence-corrected chi connectivity index (χ2v) is 10.5. The SMILES string of the molecule is CN(C)C(=O)c1c(C=O)c(-c2cccs2)c2c(c1-c1cccs1)-c1ccc(C#N)c3cccc-2c13. The number of hydrogen-bond donors (Lipinski definition) is 0. The molecule has 1 amide bonds. The van der Waals surface area contributed by atoms with Gasteiger partial charge in [-0.3, -0.25) is 9.59 Å². The standard InChI is InChI=1S/C29H18N2O2S2/c1-31(2)29(33)27-20(15-32)24(21-8-4-12-34-21)25-18-7-3-6-17-16(14-30)10-11-19(23(17)18)26(25)28(27)22-9-5-13-35-22/h3-13,15H,1-2H3. The predicted molar refractivity (Wildman–Crippen MR) is 143 cm³/mol. The first-order valence-corrected chi connectivity index (χ1v) is 12.8. The molecule has 0 unspecified atom stereocenters. The van der Waals surface area contributed by atoms with Gasteiger partial charge in [0.1, 0.15) is 0 Å². The Bertz CT molecular complexity index is 1710. The van der Waals surface area contributed by atoms with Gasteiger partial charge < -0.3 is 4.90 Å². The van der Waals surface area contributed by atoms with Gasteiger partial charge in [0.05, 0.1) is 17.2 Å². The molecular weight excluding hydrogens is 472 g/mol. The number of aldehydes is 1. The van der Waals surface area contributed by atoms with E-state index in [1.807, 2.05) is 59.3 Å². The van der Waals surface area contributed by atoms with Gasteiger partial charge in [0, 0.05) is 57.1 Å². The Morgan fingerprint density at radius 1 is 0.857 bits per heavy atom. The molecular formula is C29H18N2O2S2. The highest BCUT2D eigenvalue weighted by Crippen LogP contribution is 2.58. The van der Waals surface area contributed by atoms with Crippen LogP contribution in [0.3, 0.4) is 0 Å². The molecule has 2 heterocycles. The largest absolute Gasteiger partial charge is 0.345 e. The Hall–Kier alpha value is -4.05. The van der Waals surface area contributed by atoms with E-state index < -0.39 is 0 Å². The Balaban J connectivity index is 1.91. The summed E-state index contributed by atoms with van der Waals surface area (Å²) in [6.07, 6.45) is 0.826. The van der Waals surface area contributed by atoms with Crippen molar-refractivity contribution in [2.45, 2.75) is 0 Å². The molecule has 0 bridgehead atoms. The van der Waals surface area contributed by atoms with E-state index in [4.69, 9.17) is 0 Å². The van der Waals surface area contributed by atoms with Crippen molar-refractivity contribution < 1.29 is 9.59 Å². The minimum absolute atomic E-state index is 0.211. The molecule has 5 aromatic rings. The van der Waals surface area contributed by atoms with E-state index in [-0.39, 0.29) is 5.91 Å². The number of rotatable bonds is 4. The maximum atomic E-state index is 13.7. The zero-order valence-corrected chi connectivity index (χ0v) is 20.6. The molecule has 0 fully saturated rings. The number of fused-ring (bicyclic) bond motifs is 3. The summed E-state index contributed by atoms with van der Waals surface area (Å²) in [5, 5.41) is 15.6. The van der Waals surface area contributed by atoms with Crippen molar-refractivity contribution in [3.05, 3.63) is 82.0 Å². The molecule has 0 radical (unpaired) electrons. The van der Waals surface area contributed by atoms with Gasteiger partial charge in [-0.2, -0.15) is 5.26 Å². The van der Waals surface area contributed by atoms with Crippen LogP contribution in [0, 0.1) is 11.3 Å². The van der Waals surface area contributed by atoms with E-state index in [1.54, 1.807) is 36.8 Å². The van der Waals surface area contributed by atoms with Gasteiger partial charge >= 0.3 is 0 Å². The molecule has 0 spiro atoms. The summed E-state index contributed by atoms with van der Waals surface area (Å²) < 4.78 is 0. The average Bonchev–Trinajstić information content (AvgIpc) is 3.64. The Morgan fingerprint density at radius 2 is 1.51 bits per heavy atom. The Morgan fingerprint density at radius 3 is 2.11 bits per heavy atom. The maximum Gasteiger partial charge on any atom is 0.254 e. The normalized spacial score (nSPS) is 11.3. The third-order valence-corrected chi connectivity index (χ3v) is 8.29. The lowest BCUT2D eigenvalue weighted by Gasteiger charge is -2.23. The third kappa shape index (κ3) is 2.96. The van der Waals surface area contributed by atoms with Gasteiger partial charge in [-0.1, -0.05) is 36.4 Å². The number of carbonyl (C=O) groups is 2. The molecule has 4 nitrogen and oxygen atoms in total. The number of nitrogens with zero attached hydrogens (tertiary/aromatic N) is 2. The second-order valence-electron chi connectivity index (χ2n) is 8.56. The Kier molecular flexibility index (Phi) is 4.92. The van der Waals surface area contributed by atoms with Crippen molar-refractivity contribution in [1.29, 1.82) is 5.26 Å². The molecule has 0 atom stereocenters. The second kappa shape index (κ2) is 8.02. The fraction of sp³-hybridized carbons (Fsp3) is 0.0690. The number of benzene rings is 3. The highest BCUT2D eigenvalue weighted by molar-refractivity contribution is 7.14. The van der Waals surface area contributed by atoms with E-state index in [0.29, 0.717) is 16.7 Å². The first-order valence-electron chi connectivity index (χ1n) is 11.0. The van der Waals surface area contributed by atoms with Crippen LogP contribution in [-0.2, 0) is 0 Å². The van der Waals surface area contributed by atoms with Crippen LogP contribution in [-0.4, -0.2) is 31.2 Å². The molecule has 168 valence electrons. The van der Waals surface area contributed by atoms with Crippen molar-refractivity contribution in [3.8, 4) is 49.2 Å². The van der Waals surface area contributed by atoms with Gasteiger partial charge in [0.25, 0.3) is 5.91 Å². The number of carbonyl (C=O) groups excluding carboxylic acids is 2. The quantitative estimate of drug-likeness (QED) is 0.243. The first kappa shape index (κ1) is 21.5. The lowest BCUT2D eigenvalue weighted by Crippen LogP contribution is -2.24. The Labute approximate surface area is 210 Å². The average molecular weight is 491 g/mol. The molecule has 6 heteroatoms. The van der Waals surface area contributed by atoms with Gasteiger partial charge in [-0.05, 0) is 45.5 Å². The van der Waals surface area contributed by atoms with E-state index in [0.717, 1.165) is 60.2 Å². The van der Waals surface area contributed by atoms with E-state index in [1.165, 1.54) is 4.90 Å². The minimum atomic E-state index is -0.211. The van der Waals surface area contributed by atoms with Crippen LogP contribution in [0.25, 0.3) is 53.9 Å². The van der Waals surface area contributed by atoms with Crippen LogP contribution >= 0.6 is 22.7 Å². The van der Waals surface area contributed by atoms with Gasteiger partial charge in [0.2, 0.25) is 0 Å². The third-order valence-electron chi connectivity index (χ3n) is 6.51. The summed E-state index contributed by atoms with van der Waals surface area (Å²) in [6, 6.07) is 20.0. The van der Waals surface area contributed by atoms with Crippen molar-refractivity contribution in [3.63, 3.8) is 0 Å². The summed E-state index contributed by atoms with van der Waals surface area (Å²) >= 11 is 3.09. The molecule has 1 aliphatic carbocycles. The van der Waals surface area contributed by atoms with Crippen LogP contribution in [0.4, 0.5) is 0 Å². The summed E-state index contributed by atoms with van der Waals surface area (Å²) in [5.74, 6) is -0.211. The summed E-state index contributed by atoms with van der Waals surface area (Å²) in [4.78, 5) is 29.9. The molecule has 0 aliphatic heterocycles. The fourth-order valence-electron chi connectivity index (χ4n) is 5.14. The van der Waals surface area contributed by atoms with Crippen LogP contribution in [0.15, 0.2) is 65.4 Å². The van der Waals surface area contributed by atoms with Crippen LogP contribution in [0.2, 0.25) is 0 Å². The van der Waals surface area contributed by atoms with E-state index in [9.17, 15) is 14.9 Å².